The molecule has 0 bridgehead atoms. The monoisotopic (exact) mass is 210 g/mol. The van der Waals surface area contributed by atoms with Crippen molar-refractivity contribution in [3.63, 3.8) is 0 Å². The van der Waals surface area contributed by atoms with Crippen LogP contribution >= 0.6 is 0 Å². The molecule has 1 aliphatic rings. The van der Waals surface area contributed by atoms with E-state index in [1.165, 1.54) is 44.7 Å². The van der Waals surface area contributed by atoms with Gasteiger partial charge in [-0.15, -0.1) is 0 Å². The third-order valence-corrected chi connectivity index (χ3v) is 2.98. The fourth-order valence-corrected chi connectivity index (χ4v) is 1.99. The highest BCUT2D eigenvalue weighted by Crippen LogP contribution is 2.07. The zero-order chi connectivity index (χ0) is 11.3. The Balaban J connectivity index is 2.15. The Hall–Kier alpha value is -0.340. The summed E-state index contributed by atoms with van der Waals surface area (Å²) < 4.78 is 0. The largest absolute Gasteiger partial charge is 0.301 e. The molecule has 0 saturated carbocycles. The van der Waals surface area contributed by atoms with Gasteiger partial charge in [0.05, 0.1) is 0 Å². The molecule has 1 aliphatic heterocycles. The van der Waals surface area contributed by atoms with E-state index < -0.39 is 0 Å². The fourth-order valence-electron chi connectivity index (χ4n) is 1.99. The second-order valence-electron chi connectivity index (χ2n) is 5.26. The highest BCUT2D eigenvalue weighted by atomic mass is 15.3. The molecule has 1 rings (SSSR count). The van der Waals surface area contributed by atoms with Crippen molar-refractivity contribution < 1.29 is 0 Å². The minimum Gasteiger partial charge on any atom is -0.301 e. The zero-order valence-corrected chi connectivity index (χ0v) is 10.6. The van der Waals surface area contributed by atoms with Gasteiger partial charge < -0.3 is 4.90 Å². The van der Waals surface area contributed by atoms with E-state index in [-0.39, 0.29) is 0 Å². The van der Waals surface area contributed by atoms with Gasteiger partial charge in [0, 0.05) is 32.7 Å². The standard InChI is InChI=1S/C13H26N2/c1-12(2)5-6-14-7-9-15(10-8-14)11-13(3)4/h12H,3,5-11H2,1-2,4H3. The lowest BCUT2D eigenvalue weighted by Gasteiger charge is -2.35. The van der Waals surface area contributed by atoms with Gasteiger partial charge in [-0.1, -0.05) is 26.0 Å². The first-order valence-corrected chi connectivity index (χ1v) is 6.17. The number of hydrogen-bond donors (Lipinski definition) is 0. The van der Waals surface area contributed by atoms with Crippen molar-refractivity contribution in [2.45, 2.75) is 27.2 Å². The lowest BCUT2D eigenvalue weighted by Crippen LogP contribution is -2.47. The second kappa shape index (κ2) is 6.29. The number of rotatable bonds is 5. The third-order valence-electron chi connectivity index (χ3n) is 2.98. The molecule has 0 atom stereocenters. The molecule has 0 N–H and O–H groups in total. The Morgan fingerprint density at radius 1 is 1.13 bits per heavy atom. The average Bonchev–Trinajstić information content (AvgIpc) is 2.16. The summed E-state index contributed by atoms with van der Waals surface area (Å²) in [4.78, 5) is 5.10. The van der Waals surface area contributed by atoms with Gasteiger partial charge in [-0.3, -0.25) is 4.90 Å². The first-order valence-electron chi connectivity index (χ1n) is 6.17. The van der Waals surface area contributed by atoms with Crippen molar-refractivity contribution in [2.24, 2.45) is 5.92 Å². The van der Waals surface area contributed by atoms with Gasteiger partial charge in [0.1, 0.15) is 0 Å². The summed E-state index contributed by atoms with van der Waals surface area (Å²) in [7, 11) is 0. The van der Waals surface area contributed by atoms with Gasteiger partial charge in [-0.05, 0) is 25.8 Å². The summed E-state index contributed by atoms with van der Waals surface area (Å²) >= 11 is 0. The maximum atomic E-state index is 3.97. The van der Waals surface area contributed by atoms with E-state index in [1.54, 1.807) is 0 Å². The van der Waals surface area contributed by atoms with E-state index in [0.717, 1.165) is 12.5 Å². The van der Waals surface area contributed by atoms with E-state index in [1.807, 2.05) is 0 Å². The van der Waals surface area contributed by atoms with E-state index in [9.17, 15) is 0 Å². The smallest absolute Gasteiger partial charge is 0.0188 e. The molecular weight excluding hydrogens is 184 g/mol. The van der Waals surface area contributed by atoms with Gasteiger partial charge in [-0.25, -0.2) is 0 Å². The van der Waals surface area contributed by atoms with Crippen LogP contribution in [0.15, 0.2) is 12.2 Å². The number of hydrogen-bond acceptors (Lipinski definition) is 2. The summed E-state index contributed by atoms with van der Waals surface area (Å²) in [6.07, 6.45) is 1.33. The molecule has 0 unspecified atom stereocenters. The van der Waals surface area contributed by atoms with E-state index in [4.69, 9.17) is 0 Å². The zero-order valence-electron chi connectivity index (χ0n) is 10.6. The summed E-state index contributed by atoms with van der Waals surface area (Å²) in [5, 5.41) is 0. The quantitative estimate of drug-likeness (QED) is 0.642. The summed E-state index contributed by atoms with van der Waals surface area (Å²) in [5.41, 5.74) is 1.28. The van der Waals surface area contributed by atoms with Crippen LogP contribution in [-0.2, 0) is 0 Å². The number of piperazine rings is 1. The lowest BCUT2D eigenvalue weighted by atomic mass is 10.1. The molecule has 0 spiro atoms. The average molecular weight is 210 g/mol. The normalized spacial score (nSPS) is 19.7. The Labute approximate surface area is 94.9 Å². The van der Waals surface area contributed by atoms with Crippen molar-refractivity contribution >= 4 is 0 Å². The van der Waals surface area contributed by atoms with Crippen molar-refractivity contribution in [3.8, 4) is 0 Å². The molecule has 0 aromatic heterocycles. The molecule has 0 amide bonds. The molecule has 88 valence electrons. The van der Waals surface area contributed by atoms with Crippen molar-refractivity contribution in [2.75, 3.05) is 39.3 Å². The topological polar surface area (TPSA) is 6.48 Å². The van der Waals surface area contributed by atoms with Crippen LogP contribution in [0.25, 0.3) is 0 Å². The predicted octanol–water partition coefficient (Wildman–Crippen LogP) is 2.23. The predicted molar refractivity (Wildman–Crippen MR) is 67.1 cm³/mol. The lowest BCUT2D eigenvalue weighted by molar-refractivity contribution is 0.136. The molecule has 1 fully saturated rings. The van der Waals surface area contributed by atoms with Crippen LogP contribution < -0.4 is 0 Å². The van der Waals surface area contributed by atoms with Gasteiger partial charge in [-0.2, -0.15) is 0 Å². The van der Waals surface area contributed by atoms with Crippen LogP contribution in [0.4, 0.5) is 0 Å². The Morgan fingerprint density at radius 2 is 1.67 bits per heavy atom. The fraction of sp³-hybridized carbons (Fsp3) is 0.846. The van der Waals surface area contributed by atoms with Gasteiger partial charge in [0.15, 0.2) is 0 Å². The molecule has 2 nitrogen and oxygen atoms in total. The van der Waals surface area contributed by atoms with Crippen molar-refractivity contribution in [1.29, 1.82) is 0 Å². The molecule has 0 radical (unpaired) electrons. The molecule has 1 saturated heterocycles. The van der Waals surface area contributed by atoms with Gasteiger partial charge in [0.25, 0.3) is 0 Å². The summed E-state index contributed by atoms with van der Waals surface area (Å²) in [6, 6.07) is 0. The Morgan fingerprint density at radius 3 is 2.13 bits per heavy atom. The van der Waals surface area contributed by atoms with Crippen molar-refractivity contribution in [3.05, 3.63) is 12.2 Å². The Kier molecular flexibility index (Phi) is 5.34. The minimum atomic E-state index is 0.832. The molecule has 0 aromatic carbocycles. The number of nitrogens with zero attached hydrogens (tertiary/aromatic N) is 2. The maximum Gasteiger partial charge on any atom is 0.0188 e. The second-order valence-corrected chi connectivity index (χ2v) is 5.26. The Bertz CT molecular complexity index is 191. The highest BCUT2D eigenvalue weighted by molar-refractivity contribution is 4.92. The van der Waals surface area contributed by atoms with Crippen LogP contribution in [0.2, 0.25) is 0 Å². The van der Waals surface area contributed by atoms with Crippen LogP contribution in [0.3, 0.4) is 0 Å². The van der Waals surface area contributed by atoms with E-state index >= 15 is 0 Å². The maximum absolute atomic E-state index is 3.97. The van der Waals surface area contributed by atoms with Crippen molar-refractivity contribution in [1.82, 2.24) is 9.80 Å². The first kappa shape index (κ1) is 12.7. The molecular formula is C13H26N2. The summed E-state index contributed by atoms with van der Waals surface area (Å²) in [6.45, 7) is 18.0. The molecule has 0 aromatic rings. The molecule has 0 aliphatic carbocycles. The molecule has 1 heterocycles. The van der Waals surface area contributed by atoms with E-state index in [0.29, 0.717) is 0 Å². The van der Waals surface area contributed by atoms with Crippen LogP contribution in [0.5, 0.6) is 0 Å². The van der Waals surface area contributed by atoms with Gasteiger partial charge in [0.2, 0.25) is 0 Å². The van der Waals surface area contributed by atoms with E-state index in [2.05, 4.69) is 37.1 Å². The third kappa shape index (κ3) is 5.33. The minimum absolute atomic E-state index is 0.832. The molecule has 15 heavy (non-hydrogen) atoms. The van der Waals surface area contributed by atoms with Crippen LogP contribution in [0, 0.1) is 5.92 Å². The summed E-state index contributed by atoms with van der Waals surface area (Å²) in [5.74, 6) is 0.832. The first-order chi connectivity index (χ1) is 7.08. The highest BCUT2D eigenvalue weighted by Gasteiger charge is 2.16. The van der Waals surface area contributed by atoms with Crippen LogP contribution in [-0.4, -0.2) is 49.1 Å². The SMILES string of the molecule is C=C(C)CN1CCN(CCC(C)C)CC1. The van der Waals surface area contributed by atoms with Crippen LogP contribution in [0.1, 0.15) is 27.2 Å². The van der Waals surface area contributed by atoms with Gasteiger partial charge >= 0.3 is 0 Å². The molecule has 2 heteroatoms.